The van der Waals surface area contributed by atoms with Crippen LogP contribution in [0.15, 0.2) is 0 Å². The van der Waals surface area contributed by atoms with Gasteiger partial charge < -0.3 is 79.7 Å². The lowest BCUT2D eigenvalue weighted by Gasteiger charge is -2.14. The molecule has 0 fully saturated rings. The first kappa shape index (κ1) is 104. The van der Waals surface area contributed by atoms with E-state index < -0.39 is 0 Å². The van der Waals surface area contributed by atoms with Crippen LogP contribution >= 0.6 is 0 Å². The fourth-order valence-electron chi connectivity index (χ4n) is 0. The van der Waals surface area contributed by atoms with Crippen molar-refractivity contribution in [2.75, 3.05) is 226 Å². The molecule has 48 heavy (non-hydrogen) atoms. The molecule has 0 unspecified atom stereocenters. The smallest absolute Gasteiger partial charge is 0.0675 e. The summed E-state index contributed by atoms with van der Waals surface area (Å²) >= 11 is 0. The van der Waals surface area contributed by atoms with E-state index in [1.54, 1.807) is 0 Å². The molecule has 0 aliphatic rings. The van der Waals surface area contributed by atoms with E-state index in [2.05, 4.69) is 226 Å². The summed E-state index contributed by atoms with van der Waals surface area (Å²) < 4.78 is 8.00. The molecule has 0 radical (unpaired) electrons. The average molecular weight is 729 g/mol. The van der Waals surface area contributed by atoms with Gasteiger partial charge in [-0.1, -0.05) is 0 Å². The van der Waals surface area contributed by atoms with Gasteiger partial charge in [-0.05, 0) is 0 Å². The predicted octanol–water partition coefficient (Wildman–Crippen LogP) is 1.16. The van der Waals surface area contributed by atoms with Crippen LogP contribution in [0.5, 0.6) is 0 Å². The summed E-state index contributed by atoms with van der Waals surface area (Å²) in [6.07, 6.45) is 0. The van der Waals surface area contributed by atoms with Gasteiger partial charge in [0.05, 0.1) is 226 Å². The van der Waals surface area contributed by atoms with E-state index in [0.29, 0.717) is 0 Å². The Bertz CT molecular complexity index is 328. The van der Waals surface area contributed by atoms with Crippen molar-refractivity contribution in [3.63, 3.8) is 0 Å². The van der Waals surface area contributed by atoms with Gasteiger partial charge in [-0.2, -0.15) is 0 Å². The van der Waals surface area contributed by atoms with Gasteiger partial charge in [0.1, 0.15) is 0 Å². The van der Waals surface area contributed by atoms with Gasteiger partial charge in [0.2, 0.25) is 0 Å². The highest BCUT2D eigenvalue weighted by Crippen LogP contribution is 1.76. The Kier molecular flexibility index (Phi) is 91.7. The summed E-state index contributed by atoms with van der Waals surface area (Å²) in [7, 11) is 68.0. The van der Waals surface area contributed by atoms with Crippen LogP contribution in [0.4, 0.5) is 0 Å². The van der Waals surface area contributed by atoms with E-state index >= 15 is 0 Å². The summed E-state index contributed by atoms with van der Waals surface area (Å²) in [6, 6.07) is 0. The molecule has 0 bridgehead atoms. The predicted molar refractivity (Wildman–Crippen MR) is 207 cm³/mol. The number of quaternary nitrogens is 8. The SMILES string of the molecule is C[N+](C)(C)C.C[N+](C)(C)C.C[N+](C)(C)C.C[N+](C)(C)C.C[N+](C)(C)C.C[N+](C)(C)C.C[N+](C)(C)C.C[N+](C)(C)C.[OH-].[OH-].[OH-].[OH-].[OH-].[OH-].[OH-].[OH-]. The lowest BCUT2D eigenvalue weighted by molar-refractivity contribution is -0.849. The van der Waals surface area contributed by atoms with Gasteiger partial charge in [0.15, 0.2) is 0 Å². The van der Waals surface area contributed by atoms with Crippen molar-refractivity contribution in [1.82, 2.24) is 0 Å². The minimum atomic E-state index is 0. The summed E-state index contributed by atoms with van der Waals surface area (Å²) in [4.78, 5) is 0. The number of rotatable bonds is 0. The highest BCUT2D eigenvalue weighted by Gasteiger charge is 1.91. The molecule has 320 valence electrons. The van der Waals surface area contributed by atoms with Crippen LogP contribution in [-0.2, 0) is 0 Å². The molecule has 16 nitrogen and oxygen atoms in total. The van der Waals surface area contributed by atoms with E-state index in [9.17, 15) is 0 Å². The van der Waals surface area contributed by atoms with Crippen LogP contribution in [0.2, 0.25) is 0 Å². The molecule has 0 aliphatic carbocycles. The number of nitrogens with zero attached hydrogens (tertiary/aromatic N) is 8. The molecular weight excluding hydrogens is 624 g/mol. The molecule has 0 aromatic rings. The van der Waals surface area contributed by atoms with Crippen molar-refractivity contribution < 1.29 is 79.7 Å². The molecular formula is C32H104N8O8. The van der Waals surface area contributed by atoms with E-state index in [4.69, 9.17) is 0 Å². The number of hydrogen-bond donors (Lipinski definition) is 0. The van der Waals surface area contributed by atoms with Crippen LogP contribution in [0.3, 0.4) is 0 Å². The van der Waals surface area contributed by atoms with Crippen molar-refractivity contribution in [3.05, 3.63) is 0 Å². The van der Waals surface area contributed by atoms with Crippen molar-refractivity contribution in [1.29, 1.82) is 0 Å². The van der Waals surface area contributed by atoms with Crippen molar-refractivity contribution in [3.8, 4) is 0 Å². The topological polar surface area (TPSA) is 240 Å². The Morgan fingerprint density at radius 2 is 0.104 bits per heavy atom. The Morgan fingerprint density at radius 3 is 0.104 bits per heavy atom. The summed E-state index contributed by atoms with van der Waals surface area (Å²) in [5.74, 6) is 0. The number of hydrogen-bond acceptors (Lipinski definition) is 8. The van der Waals surface area contributed by atoms with Gasteiger partial charge in [0, 0.05) is 0 Å². The molecule has 0 rings (SSSR count). The highest BCUT2D eigenvalue weighted by atomic mass is 16.0. The minimum Gasteiger partial charge on any atom is -0.870 e. The van der Waals surface area contributed by atoms with E-state index in [-0.39, 0.29) is 43.8 Å². The molecule has 0 spiro atoms. The van der Waals surface area contributed by atoms with Crippen LogP contribution in [0, 0.1) is 0 Å². The first-order valence-corrected chi connectivity index (χ1v) is 14.3. The molecule has 0 saturated carbocycles. The first-order chi connectivity index (χ1) is 16.0. The van der Waals surface area contributed by atoms with Crippen LogP contribution in [0.25, 0.3) is 0 Å². The van der Waals surface area contributed by atoms with Crippen molar-refractivity contribution in [2.24, 2.45) is 0 Å². The third kappa shape index (κ3) is 218000. The largest absolute Gasteiger partial charge is 0.870 e. The van der Waals surface area contributed by atoms with Crippen LogP contribution < -0.4 is 0 Å². The quantitative estimate of drug-likeness (QED) is 0.327. The molecule has 0 heterocycles. The van der Waals surface area contributed by atoms with E-state index in [1.165, 1.54) is 0 Å². The third-order valence-corrected chi connectivity index (χ3v) is 0. The minimum absolute atomic E-state index is 0. The zero-order valence-electron chi connectivity index (χ0n) is 39.2. The van der Waals surface area contributed by atoms with Gasteiger partial charge >= 0.3 is 0 Å². The molecule has 0 atom stereocenters. The summed E-state index contributed by atoms with van der Waals surface area (Å²) in [5, 5.41) is 0. The Hall–Kier alpha value is -0.640. The summed E-state index contributed by atoms with van der Waals surface area (Å²) in [6.45, 7) is 0. The zero-order valence-corrected chi connectivity index (χ0v) is 39.2. The monoisotopic (exact) mass is 729 g/mol. The Balaban J connectivity index is -0.0000000170. The fraction of sp³-hybridized carbons (Fsp3) is 1.00. The second kappa shape index (κ2) is 42.5. The third-order valence-electron chi connectivity index (χ3n) is 0. The van der Waals surface area contributed by atoms with E-state index in [0.717, 1.165) is 35.9 Å². The highest BCUT2D eigenvalue weighted by molar-refractivity contribution is 3.90. The van der Waals surface area contributed by atoms with Crippen molar-refractivity contribution >= 4 is 0 Å². The van der Waals surface area contributed by atoms with Crippen molar-refractivity contribution in [2.45, 2.75) is 0 Å². The molecule has 0 aliphatic heterocycles. The van der Waals surface area contributed by atoms with Gasteiger partial charge in [-0.15, -0.1) is 0 Å². The van der Waals surface area contributed by atoms with Gasteiger partial charge in [-0.25, -0.2) is 0 Å². The normalized spacial score (nSPS) is 10.0. The van der Waals surface area contributed by atoms with Gasteiger partial charge in [-0.3, -0.25) is 0 Å². The molecule has 16 heteroatoms. The maximum atomic E-state index is 2.12. The fourth-order valence-corrected chi connectivity index (χ4v) is 0. The molecule has 0 amide bonds. The van der Waals surface area contributed by atoms with Crippen LogP contribution in [-0.4, -0.2) is 305 Å². The van der Waals surface area contributed by atoms with Crippen LogP contribution in [0.1, 0.15) is 0 Å². The lowest BCUT2D eigenvalue weighted by Crippen LogP contribution is -2.27. The standard InChI is InChI=1S/8C4H12N.8H2O/c8*1-5(2,3)4;;;;;;;;/h8*1-4H3;8*1H2/q8*+1;;;;;;;;/p-8. The Labute approximate surface area is 305 Å². The second-order valence-electron chi connectivity index (χ2n) is 21.5. The second-order valence-corrected chi connectivity index (χ2v) is 21.5. The molecule has 0 aromatic heterocycles. The van der Waals surface area contributed by atoms with Gasteiger partial charge in [0.25, 0.3) is 0 Å². The molecule has 0 aromatic carbocycles. The average Bonchev–Trinajstić information content (AvgIpc) is 2.16. The maximum absolute atomic E-state index is 2.12. The molecule has 0 saturated heterocycles. The lowest BCUT2D eigenvalue weighted by atomic mass is 10.8. The summed E-state index contributed by atoms with van der Waals surface area (Å²) in [5.41, 5.74) is 0. The zero-order chi connectivity index (χ0) is 36.0. The van der Waals surface area contributed by atoms with E-state index in [1.807, 2.05) is 0 Å². The Morgan fingerprint density at radius 1 is 0.104 bits per heavy atom. The molecule has 8 N–H and O–H groups in total. The first-order valence-electron chi connectivity index (χ1n) is 14.3. The maximum Gasteiger partial charge on any atom is 0.0675 e.